The lowest BCUT2D eigenvalue weighted by atomic mass is 10.1. The summed E-state index contributed by atoms with van der Waals surface area (Å²) in [5.41, 5.74) is 4.40. The molecule has 0 fully saturated rings. The molecular formula is C23H20N4O4. The summed E-state index contributed by atoms with van der Waals surface area (Å²) in [6.07, 6.45) is -0.855. The number of benzene rings is 3. The Hall–Kier alpha value is -4.20. The first kappa shape index (κ1) is 20.1. The molecule has 0 saturated carbocycles. The van der Waals surface area contributed by atoms with Gasteiger partial charge in [0.2, 0.25) is 0 Å². The topological polar surface area (TPSA) is 102 Å². The standard InChI is InChI=1S/C23H20N4O4/c1-14(31-17-12-11-15-7-3-4-8-16(15)13-17)21(28)24-25-22(29)20-18-9-5-6-10-19(18)23(30)27(2)26-20/h3-14H,1-2H3,(H,24,28)(H,25,29). The van der Waals surface area contributed by atoms with Gasteiger partial charge in [0.25, 0.3) is 17.4 Å². The van der Waals surface area contributed by atoms with Crippen molar-refractivity contribution in [2.45, 2.75) is 13.0 Å². The van der Waals surface area contributed by atoms with Crippen LogP contribution in [0, 0.1) is 0 Å². The van der Waals surface area contributed by atoms with Gasteiger partial charge in [-0.3, -0.25) is 25.2 Å². The van der Waals surface area contributed by atoms with Crippen LogP contribution >= 0.6 is 0 Å². The van der Waals surface area contributed by atoms with Gasteiger partial charge in [-0.25, -0.2) is 4.68 Å². The van der Waals surface area contributed by atoms with E-state index in [-0.39, 0.29) is 11.3 Å². The number of hydrogen-bond acceptors (Lipinski definition) is 5. The minimum absolute atomic E-state index is 0.0288. The van der Waals surface area contributed by atoms with Crippen molar-refractivity contribution in [2.75, 3.05) is 0 Å². The number of rotatable bonds is 4. The Morgan fingerprint density at radius 3 is 2.39 bits per heavy atom. The summed E-state index contributed by atoms with van der Waals surface area (Å²) in [5.74, 6) is -0.632. The maximum Gasteiger partial charge on any atom is 0.290 e. The van der Waals surface area contributed by atoms with E-state index in [1.54, 1.807) is 37.3 Å². The van der Waals surface area contributed by atoms with Crippen molar-refractivity contribution in [3.8, 4) is 5.75 Å². The van der Waals surface area contributed by atoms with E-state index in [4.69, 9.17) is 4.74 Å². The molecule has 2 N–H and O–H groups in total. The monoisotopic (exact) mass is 416 g/mol. The van der Waals surface area contributed by atoms with Crippen molar-refractivity contribution in [3.63, 3.8) is 0 Å². The molecule has 0 aliphatic rings. The summed E-state index contributed by atoms with van der Waals surface area (Å²) in [6, 6.07) is 20.0. The molecule has 8 nitrogen and oxygen atoms in total. The fourth-order valence-corrected chi connectivity index (χ4v) is 3.24. The lowest BCUT2D eigenvalue weighted by Crippen LogP contribution is -2.47. The molecule has 31 heavy (non-hydrogen) atoms. The smallest absolute Gasteiger partial charge is 0.290 e. The third-order valence-electron chi connectivity index (χ3n) is 4.87. The summed E-state index contributed by atoms with van der Waals surface area (Å²) in [4.78, 5) is 37.2. The maximum atomic E-state index is 12.6. The highest BCUT2D eigenvalue weighted by atomic mass is 16.5. The number of carbonyl (C=O) groups excluding carboxylic acids is 2. The van der Waals surface area contributed by atoms with Gasteiger partial charge in [0.05, 0.1) is 5.39 Å². The van der Waals surface area contributed by atoms with Gasteiger partial charge in [-0.05, 0) is 35.9 Å². The number of fused-ring (bicyclic) bond motifs is 2. The molecule has 0 aliphatic carbocycles. The molecule has 4 rings (SSSR count). The van der Waals surface area contributed by atoms with E-state index in [1.807, 2.05) is 36.4 Å². The second-order valence-corrected chi connectivity index (χ2v) is 7.04. The van der Waals surface area contributed by atoms with Gasteiger partial charge >= 0.3 is 0 Å². The fraction of sp³-hybridized carbons (Fsp3) is 0.130. The fourth-order valence-electron chi connectivity index (χ4n) is 3.24. The Bertz CT molecular complexity index is 1360. The highest BCUT2D eigenvalue weighted by molar-refractivity contribution is 6.05. The lowest BCUT2D eigenvalue weighted by molar-refractivity contribution is -0.128. The Morgan fingerprint density at radius 2 is 1.61 bits per heavy atom. The van der Waals surface area contributed by atoms with Crippen LogP contribution < -0.4 is 21.1 Å². The molecule has 0 aliphatic heterocycles. The van der Waals surface area contributed by atoms with Crippen molar-refractivity contribution in [1.29, 1.82) is 0 Å². The molecule has 0 saturated heterocycles. The predicted octanol–water partition coefficient (Wildman–Crippen LogP) is 2.32. The Balaban J connectivity index is 1.44. The number of aromatic nitrogens is 2. The van der Waals surface area contributed by atoms with Crippen molar-refractivity contribution in [2.24, 2.45) is 7.05 Å². The number of nitrogens with zero attached hydrogens (tertiary/aromatic N) is 2. The number of ether oxygens (including phenoxy) is 1. The molecule has 0 spiro atoms. The zero-order chi connectivity index (χ0) is 22.0. The highest BCUT2D eigenvalue weighted by Gasteiger charge is 2.19. The van der Waals surface area contributed by atoms with Gasteiger partial charge in [0.15, 0.2) is 11.8 Å². The number of hydrazine groups is 1. The minimum atomic E-state index is -0.855. The third kappa shape index (κ3) is 4.09. The van der Waals surface area contributed by atoms with Gasteiger partial charge in [-0.2, -0.15) is 5.10 Å². The molecule has 0 bridgehead atoms. The van der Waals surface area contributed by atoms with Crippen molar-refractivity contribution in [3.05, 3.63) is 82.8 Å². The second-order valence-electron chi connectivity index (χ2n) is 7.04. The van der Waals surface area contributed by atoms with E-state index in [0.29, 0.717) is 16.5 Å². The molecule has 1 aromatic heterocycles. The third-order valence-corrected chi connectivity index (χ3v) is 4.87. The van der Waals surface area contributed by atoms with Crippen LogP contribution in [0.25, 0.3) is 21.5 Å². The van der Waals surface area contributed by atoms with Crippen LogP contribution in [0.5, 0.6) is 5.75 Å². The zero-order valence-corrected chi connectivity index (χ0v) is 17.0. The molecule has 1 unspecified atom stereocenters. The summed E-state index contributed by atoms with van der Waals surface area (Å²) < 4.78 is 6.79. The Labute approximate surface area is 177 Å². The van der Waals surface area contributed by atoms with Gasteiger partial charge in [-0.1, -0.05) is 48.5 Å². The first-order valence-corrected chi connectivity index (χ1v) is 9.66. The van der Waals surface area contributed by atoms with Crippen molar-refractivity contribution < 1.29 is 14.3 Å². The largest absolute Gasteiger partial charge is 0.481 e. The molecule has 4 aromatic rings. The van der Waals surface area contributed by atoms with Crippen LogP contribution in [0.4, 0.5) is 0 Å². The molecule has 0 radical (unpaired) electrons. The molecular weight excluding hydrogens is 396 g/mol. The number of aryl methyl sites for hydroxylation is 1. The van der Waals surface area contributed by atoms with Crippen LogP contribution in [-0.2, 0) is 11.8 Å². The van der Waals surface area contributed by atoms with E-state index in [0.717, 1.165) is 15.5 Å². The molecule has 2 amide bonds. The van der Waals surface area contributed by atoms with Gasteiger partial charge in [-0.15, -0.1) is 0 Å². The van der Waals surface area contributed by atoms with E-state index in [9.17, 15) is 14.4 Å². The second kappa shape index (κ2) is 8.27. The SMILES string of the molecule is CC(Oc1ccc2ccccc2c1)C(=O)NNC(=O)c1nn(C)c(=O)c2ccccc12. The molecule has 1 atom stereocenters. The molecule has 3 aromatic carbocycles. The van der Waals surface area contributed by atoms with E-state index in [2.05, 4.69) is 16.0 Å². The first-order valence-electron chi connectivity index (χ1n) is 9.66. The highest BCUT2D eigenvalue weighted by Crippen LogP contribution is 2.21. The molecule has 1 heterocycles. The molecule has 156 valence electrons. The first-order chi connectivity index (χ1) is 14.9. The van der Waals surface area contributed by atoms with Crippen LogP contribution in [0.1, 0.15) is 17.4 Å². The summed E-state index contributed by atoms with van der Waals surface area (Å²) >= 11 is 0. The van der Waals surface area contributed by atoms with E-state index >= 15 is 0 Å². The maximum absolute atomic E-state index is 12.6. The van der Waals surface area contributed by atoms with Gasteiger partial charge in [0.1, 0.15) is 5.75 Å². The summed E-state index contributed by atoms with van der Waals surface area (Å²) in [6.45, 7) is 1.58. The van der Waals surface area contributed by atoms with E-state index < -0.39 is 17.9 Å². The number of carbonyl (C=O) groups is 2. The Kier molecular flexibility index (Phi) is 5.36. The summed E-state index contributed by atoms with van der Waals surface area (Å²) in [5, 5.41) is 6.86. The lowest BCUT2D eigenvalue weighted by Gasteiger charge is -2.16. The average molecular weight is 416 g/mol. The number of amides is 2. The predicted molar refractivity (Wildman–Crippen MR) is 117 cm³/mol. The van der Waals surface area contributed by atoms with Crippen LogP contribution in [0.3, 0.4) is 0 Å². The molecule has 8 heteroatoms. The van der Waals surface area contributed by atoms with Crippen LogP contribution in [0.15, 0.2) is 71.5 Å². The summed E-state index contributed by atoms with van der Waals surface area (Å²) in [7, 11) is 1.46. The van der Waals surface area contributed by atoms with Crippen molar-refractivity contribution >= 4 is 33.4 Å². The van der Waals surface area contributed by atoms with Crippen LogP contribution in [0.2, 0.25) is 0 Å². The van der Waals surface area contributed by atoms with Gasteiger partial charge < -0.3 is 4.74 Å². The number of hydrogen-bond donors (Lipinski definition) is 2. The van der Waals surface area contributed by atoms with Crippen molar-refractivity contribution in [1.82, 2.24) is 20.6 Å². The zero-order valence-electron chi connectivity index (χ0n) is 17.0. The number of nitrogens with one attached hydrogen (secondary N) is 2. The van der Waals surface area contributed by atoms with Gasteiger partial charge in [0, 0.05) is 12.4 Å². The quantitative estimate of drug-likeness (QED) is 0.497. The minimum Gasteiger partial charge on any atom is -0.481 e. The Morgan fingerprint density at radius 1 is 0.935 bits per heavy atom. The average Bonchev–Trinajstić information content (AvgIpc) is 2.79. The van der Waals surface area contributed by atoms with Crippen LogP contribution in [-0.4, -0.2) is 27.7 Å². The normalized spacial score (nSPS) is 11.8. The van der Waals surface area contributed by atoms with E-state index in [1.165, 1.54) is 7.05 Å².